The highest BCUT2D eigenvalue weighted by Crippen LogP contribution is 2.12. The van der Waals surface area contributed by atoms with Crippen LogP contribution in [0.25, 0.3) is 6.08 Å². The van der Waals surface area contributed by atoms with Crippen molar-refractivity contribution in [2.45, 2.75) is 6.92 Å². The summed E-state index contributed by atoms with van der Waals surface area (Å²) >= 11 is 1.09. The molecule has 0 bridgehead atoms. The molecule has 0 saturated heterocycles. The summed E-state index contributed by atoms with van der Waals surface area (Å²) in [4.78, 5) is 21.1. The first kappa shape index (κ1) is 15.0. The lowest BCUT2D eigenvalue weighted by molar-refractivity contribution is -0.131. The van der Waals surface area contributed by atoms with E-state index >= 15 is 0 Å². The maximum atomic E-state index is 13.4. The van der Waals surface area contributed by atoms with Crippen LogP contribution in [0, 0.1) is 17.7 Å². The number of hydrogen-bond donors (Lipinski definition) is 1. The Morgan fingerprint density at radius 3 is 2.84 bits per heavy atom. The van der Waals surface area contributed by atoms with Crippen molar-refractivity contribution in [2.24, 2.45) is 0 Å². The normalized spacial score (nSPS) is 10.0. The number of carboxylic acid groups (broad SMARTS) is 1. The molecule has 0 fully saturated rings. The number of benzene rings is 1. The van der Waals surface area contributed by atoms with E-state index in [-0.39, 0.29) is 10.7 Å². The number of aliphatic carboxylic acids is 1. The van der Waals surface area contributed by atoms with Gasteiger partial charge in [-0.3, -0.25) is 4.79 Å². The zero-order valence-corrected chi connectivity index (χ0v) is 11.0. The van der Waals surface area contributed by atoms with Crippen LogP contribution in [0.4, 0.5) is 4.39 Å². The Labute approximate surface area is 114 Å². The number of carbonyl (C=O) groups is 2. The quantitative estimate of drug-likeness (QED) is 0.682. The lowest BCUT2D eigenvalue weighted by atomic mass is 10.1. The van der Waals surface area contributed by atoms with Crippen molar-refractivity contribution in [1.29, 1.82) is 0 Å². The van der Waals surface area contributed by atoms with Gasteiger partial charge in [0.2, 0.25) is 0 Å². The van der Waals surface area contributed by atoms with Crippen molar-refractivity contribution in [1.82, 2.24) is 0 Å². The molecule has 0 radical (unpaired) electrons. The minimum Gasteiger partial charge on any atom is -0.478 e. The van der Waals surface area contributed by atoms with E-state index < -0.39 is 11.8 Å². The summed E-state index contributed by atoms with van der Waals surface area (Å²) in [6.45, 7) is 1.46. The third-order valence-corrected chi connectivity index (χ3v) is 2.68. The minimum atomic E-state index is -1.14. The predicted molar refractivity (Wildman–Crippen MR) is 73.1 cm³/mol. The van der Waals surface area contributed by atoms with Crippen molar-refractivity contribution in [3.8, 4) is 11.8 Å². The fraction of sp³-hybridized carbons (Fsp3) is 0.143. The van der Waals surface area contributed by atoms with E-state index in [0.29, 0.717) is 11.3 Å². The summed E-state index contributed by atoms with van der Waals surface area (Å²) in [6.07, 6.45) is 2.04. The third kappa shape index (κ3) is 5.89. The monoisotopic (exact) mass is 278 g/mol. The molecule has 0 aliphatic rings. The highest BCUT2D eigenvalue weighted by molar-refractivity contribution is 8.13. The molecule has 1 aromatic carbocycles. The van der Waals surface area contributed by atoms with E-state index in [1.807, 2.05) is 0 Å². The average molecular weight is 278 g/mol. The molecule has 0 heterocycles. The van der Waals surface area contributed by atoms with Gasteiger partial charge >= 0.3 is 5.97 Å². The number of hydrogen-bond acceptors (Lipinski definition) is 3. The van der Waals surface area contributed by atoms with Gasteiger partial charge in [0, 0.05) is 24.1 Å². The van der Waals surface area contributed by atoms with Gasteiger partial charge in [-0.1, -0.05) is 23.6 Å². The molecule has 0 aliphatic carbocycles. The van der Waals surface area contributed by atoms with E-state index in [4.69, 9.17) is 5.11 Å². The zero-order valence-electron chi connectivity index (χ0n) is 10.1. The lowest BCUT2D eigenvalue weighted by Gasteiger charge is -1.97. The first-order valence-electron chi connectivity index (χ1n) is 5.32. The minimum absolute atomic E-state index is 0.0153. The van der Waals surface area contributed by atoms with Crippen molar-refractivity contribution in [2.75, 3.05) is 5.75 Å². The Balaban J connectivity index is 2.84. The molecule has 1 rings (SSSR count). The summed E-state index contributed by atoms with van der Waals surface area (Å²) < 4.78 is 13.4. The van der Waals surface area contributed by atoms with Crippen LogP contribution in [-0.4, -0.2) is 21.9 Å². The van der Waals surface area contributed by atoms with E-state index in [1.54, 1.807) is 0 Å². The molecule has 19 heavy (non-hydrogen) atoms. The molecule has 0 amide bonds. The number of carbonyl (C=O) groups excluding carboxylic acids is 1. The molecule has 0 aromatic heterocycles. The van der Waals surface area contributed by atoms with Gasteiger partial charge in [0.15, 0.2) is 5.12 Å². The fourth-order valence-electron chi connectivity index (χ4n) is 1.19. The first-order valence-corrected chi connectivity index (χ1v) is 6.30. The molecule has 0 unspecified atom stereocenters. The fourth-order valence-corrected chi connectivity index (χ4v) is 1.53. The van der Waals surface area contributed by atoms with Gasteiger partial charge < -0.3 is 5.11 Å². The number of thioether (sulfide) groups is 1. The second-order valence-corrected chi connectivity index (χ2v) is 4.64. The van der Waals surface area contributed by atoms with Crippen LogP contribution in [0.5, 0.6) is 0 Å². The number of halogens is 1. The molecule has 0 saturated carbocycles. The largest absolute Gasteiger partial charge is 0.478 e. The first-order chi connectivity index (χ1) is 8.99. The van der Waals surface area contributed by atoms with E-state index in [2.05, 4.69) is 11.8 Å². The van der Waals surface area contributed by atoms with Crippen molar-refractivity contribution in [3.05, 3.63) is 41.2 Å². The Bertz CT molecular complexity index is 582. The van der Waals surface area contributed by atoms with Crippen LogP contribution in [0.15, 0.2) is 24.3 Å². The predicted octanol–water partition coefficient (Wildman–Crippen LogP) is 2.55. The van der Waals surface area contributed by atoms with Crippen LogP contribution in [0.3, 0.4) is 0 Å². The standard InChI is InChI=1S/C14H11FO3S/c1-10(16)19-8-2-3-11-4-6-13(15)12(9-11)5-7-14(17)18/h4-7,9H,8H2,1H3,(H,17,18)/b7-5+. The number of carboxylic acids is 1. The summed E-state index contributed by atoms with van der Waals surface area (Å²) in [7, 11) is 0. The third-order valence-electron chi connectivity index (χ3n) is 1.98. The van der Waals surface area contributed by atoms with Gasteiger partial charge in [-0.25, -0.2) is 9.18 Å². The maximum absolute atomic E-state index is 13.4. The zero-order chi connectivity index (χ0) is 14.3. The van der Waals surface area contributed by atoms with Gasteiger partial charge in [-0.05, 0) is 24.3 Å². The van der Waals surface area contributed by atoms with Gasteiger partial charge in [-0.15, -0.1) is 0 Å². The van der Waals surface area contributed by atoms with Crippen LogP contribution in [0.1, 0.15) is 18.1 Å². The van der Waals surface area contributed by atoms with Gasteiger partial charge in [0.1, 0.15) is 5.82 Å². The molecular weight excluding hydrogens is 267 g/mol. The Hall–Kier alpha value is -2.06. The molecule has 3 nitrogen and oxygen atoms in total. The van der Waals surface area contributed by atoms with Crippen LogP contribution < -0.4 is 0 Å². The number of rotatable bonds is 3. The second kappa shape index (κ2) is 7.39. The summed E-state index contributed by atoms with van der Waals surface area (Å²) in [5.74, 6) is 4.27. The molecule has 98 valence electrons. The summed E-state index contributed by atoms with van der Waals surface area (Å²) in [6, 6.07) is 4.18. The van der Waals surface area contributed by atoms with Gasteiger partial charge in [0.05, 0.1) is 5.75 Å². The van der Waals surface area contributed by atoms with E-state index in [9.17, 15) is 14.0 Å². The highest BCUT2D eigenvalue weighted by atomic mass is 32.2. The van der Waals surface area contributed by atoms with Crippen molar-refractivity contribution < 1.29 is 19.1 Å². The second-order valence-electron chi connectivity index (χ2n) is 3.49. The lowest BCUT2D eigenvalue weighted by Crippen LogP contribution is -1.89. The highest BCUT2D eigenvalue weighted by Gasteiger charge is 2.00. The van der Waals surface area contributed by atoms with Gasteiger partial charge in [-0.2, -0.15) is 0 Å². The summed E-state index contributed by atoms with van der Waals surface area (Å²) in [5.41, 5.74) is 0.726. The van der Waals surface area contributed by atoms with Crippen LogP contribution in [0.2, 0.25) is 0 Å². The maximum Gasteiger partial charge on any atom is 0.328 e. The van der Waals surface area contributed by atoms with Crippen molar-refractivity contribution in [3.63, 3.8) is 0 Å². The molecule has 5 heteroatoms. The van der Waals surface area contributed by atoms with Crippen LogP contribution in [-0.2, 0) is 9.59 Å². The molecule has 1 N–H and O–H groups in total. The molecule has 0 aliphatic heterocycles. The molecular formula is C14H11FO3S. The smallest absolute Gasteiger partial charge is 0.328 e. The van der Waals surface area contributed by atoms with Gasteiger partial charge in [0.25, 0.3) is 0 Å². The van der Waals surface area contributed by atoms with Crippen LogP contribution >= 0.6 is 11.8 Å². The Kier molecular flexibility index (Phi) is 5.83. The average Bonchev–Trinajstić information content (AvgIpc) is 2.34. The molecule has 1 aromatic rings. The molecule has 0 spiro atoms. The Morgan fingerprint density at radius 1 is 1.47 bits per heavy atom. The topological polar surface area (TPSA) is 54.4 Å². The SMILES string of the molecule is CC(=O)SCC#Cc1ccc(F)c(/C=C/C(=O)O)c1. The molecule has 0 atom stereocenters. The Morgan fingerprint density at radius 2 is 2.21 bits per heavy atom. The van der Waals surface area contributed by atoms with Crippen molar-refractivity contribution >= 4 is 28.9 Å². The summed E-state index contributed by atoms with van der Waals surface area (Å²) in [5, 5.41) is 8.47. The van der Waals surface area contributed by atoms with E-state index in [0.717, 1.165) is 17.8 Å². The van der Waals surface area contributed by atoms with E-state index in [1.165, 1.54) is 31.2 Å².